The molecule has 3 aromatic rings. The number of amides is 1. The Morgan fingerprint density at radius 3 is 2.89 bits per heavy atom. The zero-order valence-electron chi connectivity index (χ0n) is 16.1. The molecule has 2 aromatic heterocycles. The van der Waals surface area contributed by atoms with Crippen molar-refractivity contribution in [2.24, 2.45) is 0 Å². The van der Waals surface area contributed by atoms with E-state index in [4.69, 9.17) is 9.26 Å². The topological polar surface area (TPSA) is 80.5 Å². The number of hydrogen-bond acceptors (Lipinski definition) is 7. The van der Waals surface area contributed by atoms with Gasteiger partial charge in [-0.2, -0.15) is 4.98 Å². The summed E-state index contributed by atoms with van der Waals surface area (Å²) >= 11 is 1.59. The molecule has 0 fully saturated rings. The van der Waals surface area contributed by atoms with E-state index in [1.54, 1.807) is 18.4 Å². The van der Waals surface area contributed by atoms with Crippen LogP contribution in [0.5, 0.6) is 5.75 Å². The molecule has 0 bridgehead atoms. The van der Waals surface area contributed by atoms with Crippen LogP contribution in [0.2, 0.25) is 0 Å². The van der Waals surface area contributed by atoms with Gasteiger partial charge in [-0.1, -0.05) is 30.3 Å². The lowest BCUT2D eigenvalue weighted by atomic mass is 10.2. The van der Waals surface area contributed by atoms with E-state index in [1.165, 1.54) is 0 Å². The molecule has 7 nitrogen and oxygen atoms in total. The molecule has 0 aliphatic carbocycles. The molecular formula is C20H24N4O3S. The normalized spacial score (nSPS) is 11.0. The van der Waals surface area contributed by atoms with Crippen LogP contribution >= 0.6 is 11.3 Å². The summed E-state index contributed by atoms with van der Waals surface area (Å²) in [5, 5.41) is 8.92. The Morgan fingerprint density at radius 2 is 2.14 bits per heavy atom. The smallest absolute Gasteiger partial charge is 0.238 e. The fourth-order valence-corrected chi connectivity index (χ4v) is 3.46. The van der Waals surface area contributed by atoms with Crippen molar-refractivity contribution in [1.82, 2.24) is 15.0 Å². The van der Waals surface area contributed by atoms with E-state index < -0.39 is 0 Å². The molecule has 148 valence electrons. The van der Waals surface area contributed by atoms with Gasteiger partial charge in [-0.05, 0) is 43.1 Å². The van der Waals surface area contributed by atoms with Gasteiger partial charge in [-0.25, -0.2) is 0 Å². The first-order valence-corrected chi connectivity index (χ1v) is 10.1. The monoisotopic (exact) mass is 400 g/mol. The molecule has 28 heavy (non-hydrogen) atoms. The minimum atomic E-state index is -0.0656. The molecule has 1 N–H and O–H groups in total. The maximum absolute atomic E-state index is 12.4. The Bertz CT molecular complexity index is 879. The van der Waals surface area contributed by atoms with Crippen LogP contribution in [0, 0.1) is 0 Å². The third-order valence-corrected chi connectivity index (χ3v) is 5.14. The van der Waals surface area contributed by atoms with Crippen LogP contribution in [0.4, 0.5) is 5.69 Å². The number of thiophene rings is 1. The zero-order valence-corrected chi connectivity index (χ0v) is 16.9. The summed E-state index contributed by atoms with van der Waals surface area (Å²) in [7, 11) is 1.59. The Hall–Kier alpha value is -2.71. The minimum Gasteiger partial charge on any atom is -0.495 e. The molecule has 2 heterocycles. The molecule has 3 rings (SSSR count). The highest BCUT2D eigenvalue weighted by Gasteiger charge is 2.13. The van der Waals surface area contributed by atoms with Crippen LogP contribution in [-0.2, 0) is 11.2 Å². The van der Waals surface area contributed by atoms with Crippen molar-refractivity contribution in [2.75, 3.05) is 32.1 Å². The van der Waals surface area contributed by atoms with Gasteiger partial charge >= 0.3 is 0 Å². The maximum Gasteiger partial charge on any atom is 0.238 e. The summed E-state index contributed by atoms with van der Waals surface area (Å²) in [6, 6.07) is 11.3. The van der Waals surface area contributed by atoms with Crippen molar-refractivity contribution in [2.45, 2.75) is 19.8 Å². The molecule has 8 heteroatoms. The number of carbonyl (C=O) groups excluding carboxylic acids is 1. The van der Waals surface area contributed by atoms with E-state index in [-0.39, 0.29) is 5.91 Å². The fourth-order valence-electron chi connectivity index (χ4n) is 2.81. The molecule has 0 saturated carbocycles. The first-order valence-electron chi connectivity index (χ1n) is 9.21. The van der Waals surface area contributed by atoms with E-state index in [2.05, 4.69) is 20.4 Å². The number of aryl methyl sites for hydroxylation is 1. The number of hydrogen-bond donors (Lipinski definition) is 1. The predicted molar refractivity (Wildman–Crippen MR) is 110 cm³/mol. The highest BCUT2D eigenvalue weighted by atomic mass is 32.1. The highest BCUT2D eigenvalue weighted by Crippen LogP contribution is 2.23. The van der Waals surface area contributed by atoms with Crippen LogP contribution in [-0.4, -0.2) is 47.7 Å². The number of ether oxygens (including phenoxy) is 1. The van der Waals surface area contributed by atoms with E-state index in [1.807, 2.05) is 48.7 Å². The van der Waals surface area contributed by atoms with Crippen molar-refractivity contribution >= 4 is 22.9 Å². The fraction of sp³-hybridized carbons (Fsp3) is 0.350. The number of benzene rings is 1. The number of methoxy groups -OCH3 is 1. The van der Waals surface area contributed by atoms with Gasteiger partial charge in [-0.15, -0.1) is 11.3 Å². The van der Waals surface area contributed by atoms with Gasteiger partial charge in [0.25, 0.3) is 0 Å². The van der Waals surface area contributed by atoms with Gasteiger partial charge in [0.05, 0.1) is 24.2 Å². The van der Waals surface area contributed by atoms with Gasteiger partial charge in [0.1, 0.15) is 5.75 Å². The highest BCUT2D eigenvalue weighted by molar-refractivity contribution is 7.13. The number of likely N-dealkylation sites (N-methyl/N-ethyl adjacent to an activating group) is 1. The molecule has 0 aliphatic heterocycles. The number of anilines is 1. The van der Waals surface area contributed by atoms with E-state index in [0.717, 1.165) is 24.4 Å². The molecule has 0 aliphatic rings. The number of para-hydroxylation sites is 2. The second kappa shape index (κ2) is 10.0. The Labute approximate surface area is 168 Å². The lowest BCUT2D eigenvalue weighted by Crippen LogP contribution is -2.34. The minimum absolute atomic E-state index is 0.0656. The first kappa shape index (κ1) is 20.0. The number of nitrogens with zero attached hydrogens (tertiary/aromatic N) is 3. The van der Waals surface area contributed by atoms with Crippen LogP contribution in [0.25, 0.3) is 10.7 Å². The van der Waals surface area contributed by atoms with Gasteiger partial charge < -0.3 is 14.6 Å². The predicted octanol–water partition coefficient (Wildman–Crippen LogP) is 3.70. The summed E-state index contributed by atoms with van der Waals surface area (Å²) in [5.74, 6) is 1.84. The number of rotatable bonds is 10. The number of carbonyl (C=O) groups is 1. The number of nitrogens with one attached hydrogen (secondary N) is 1. The van der Waals surface area contributed by atoms with E-state index in [0.29, 0.717) is 36.1 Å². The van der Waals surface area contributed by atoms with Gasteiger partial charge in [0.15, 0.2) is 0 Å². The van der Waals surface area contributed by atoms with Gasteiger partial charge in [-0.3, -0.25) is 9.69 Å². The van der Waals surface area contributed by atoms with Crippen molar-refractivity contribution in [3.05, 3.63) is 47.7 Å². The van der Waals surface area contributed by atoms with Crippen molar-refractivity contribution in [3.63, 3.8) is 0 Å². The van der Waals surface area contributed by atoms with Crippen LogP contribution < -0.4 is 10.1 Å². The summed E-state index contributed by atoms with van der Waals surface area (Å²) < 4.78 is 10.6. The quantitative estimate of drug-likeness (QED) is 0.559. The third kappa shape index (κ3) is 5.40. The lowest BCUT2D eigenvalue weighted by Gasteiger charge is -2.19. The van der Waals surface area contributed by atoms with Crippen LogP contribution in [0.3, 0.4) is 0 Å². The second-order valence-electron chi connectivity index (χ2n) is 6.21. The van der Waals surface area contributed by atoms with E-state index >= 15 is 0 Å². The zero-order chi connectivity index (χ0) is 19.8. The number of aromatic nitrogens is 2. The molecular weight excluding hydrogens is 376 g/mol. The van der Waals surface area contributed by atoms with Crippen LogP contribution in [0.15, 0.2) is 46.3 Å². The molecule has 1 aromatic carbocycles. The summed E-state index contributed by atoms with van der Waals surface area (Å²) in [4.78, 5) is 19.9. The van der Waals surface area contributed by atoms with Gasteiger partial charge in [0, 0.05) is 6.42 Å². The van der Waals surface area contributed by atoms with Crippen LogP contribution in [0.1, 0.15) is 19.2 Å². The lowest BCUT2D eigenvalue weighted by molar-refractivity contribution is -0.117. The average molecular weight is 401 g/mol. The Balaban J connectivity index is 1.46. The summed E-state index contributed by atoms with van der Waals surface area (Å²) in [5.41, 5.74) is 0.679. The summed E-state index contributed by atoms with van der Waals surface area (Å²) in [6.07, 6.45) is 1.52. The van der Waals surface area contributed by atoms with Crippen molar-refractivity contribution in [3.8, 4) is 16.5 Å². The second-order valence-corrected chi connectivity index (χ2v) is 7.16. The average Bonchev–Trinajstić information content (AvgIpc) is 3.39. The van der Waals surface area contributed by atoms with E-state index in [9.17, 15) is 4.79 Å². The first-order chi connectivity index (χ1) is 13.7. The summed E-state index contributed by atoms with van der Waals surface area (Å²) in [6.45, 7) is 3.91. The van der Waals surface area contributed by atoms with Gasteiger partial charge in [0.2, 0.25) is 17.6 Å². The van der Waals surface area contributed by atoms with Crippen molar-refractivity contribution in [1.29, 1.82) is 0 Å². The Morgan fingerprint density at radius 1 is 1.29 bits per heavy atom. The standard InChI is InChI=1S/C20H24N4O3S/c1-3-24(14-18(25)21-15-8-4-5-9-16(15)26-2)12-6-11-19-22-20(23-27-19)17-10-7-13-28-17/h4-5,7-10,13H,3,6,11-12,14H2,1-2H3,(H,21,25). The maximum atomic E-state index is 12.4. The molecule has 1 amide bonds. The third-order valence-electron chi connectivity index (χ3n) is 4.27. The molecule has 0 unspecified atom stereocenters. The molecule has 0 spiro atoms. The Kier molecular flexibility index (Phi) is 7.16. The molecule has 0 radical (unpaired) electrons. The largest absolute Gasteiger partial charge is 0.495 e. The van der Waals surface area contributed by atoms with Crippen molar-refractivity contribution < 1.29 is 14.1 Å². The SMILES string of the molecule is CCN(CCCc1nc(-c2cccs2)no1)CC(=O)Nc1ccccc1OC. The molecule has 0 saturated heterocycles. The molecule has 0 atom stereocenters.